The molecule has 0 radical (unpaired) electrons. The number of hydrogen-bond donors (Lipinski definition) is 1. The Morgan fingerprint density at radius 1 is 1.07 bits per heavy atom. The van der Waals surface area contributed by atoms with Crippen LogP contribution >= 0.6 is 11.3 Å². The van der Waals surface area contributed by atoms with Crippen molar-refractivity contribution in [3.8, 4) is 5.75 Å². The van der Waals surface area contributed by atoms with Crippen molar-refractivity contribution in [2.45, 2.75) is 12.6 Å². The SMILES string of the molecule is COc1cccc(/C(O)=C2\C(=O)C(=O)N(Cc3ccccc3)C2c2cccs2)c1. The quantitative estimate of drug-likeness (QED) is 0.389. The van der Waals surface area contributed by atoms with Crippen molar-refractivity contribution in [1.82, 2.24) is 4.90 Å². The lowest BCUT2D eigenvalue weighted by atomic mass is 9.99. The highest BCUT2D eigenvalue weighted by atomic mass is 32.1. The summed E-state index contributed by atoms with van der Waals surface area (Å²) in [5.41, 5.74) is 1.45. The number of Topliss-reactive ketones (excluding diaryl/α,β-unsaturated/α-hetero) is 1. The van der Waals surface area contributed by atoms with Gasteiger partial charge in [-0.15, -0.1) is 11.3 Å². The molecule has 1 aliphatic rings. The Bertz CT molecular complexity index is 1070. The molecule has 1 amide bonds. The molecule has 1 aromatic heterocycles. The van der Waals surface area contributed by atoms with Gasteiger partial charge in [-0.2, -0.15) is 0 Å². The van der Waals surface area contributed by atoms with Crippen molar-refractivity contribution in [2.24, 2.45) is 0 Å². The number of rotatable bonds is 5. The predicted molar refractivity (Wildman–Crippen MR) is 112 cm³/mol. The number of hydrogen-bond acceptors (Lipinski definition) is 5. The molecular formula is C23H19NO4S. The number of thiophene rings is 1. The van der Waals surface area contributed by atoms with E-state index in [2.05, 4.69) is 0 Å². The number of carbonyl (C=O) groups is 2. The lowest BCUT2D eigenvalue weighted by Gasteiger charge is -2.24. The van der Waals surface area contributed by atoms with Gasteiger partial charge in [-0.25, -0.2) is 0 Å². The highest BCUT2D eigenvalue weighted by molar-refractivity contribution is 7.10. The summed E-state index contributed by atoms with van der Waals surface area (Å²) in [5, 5.41) is 12.9. The number of ketones is 1. The van der Waals surface area contributed by atoms with Gasteiger partial charge in [-0.1, -0.05) is 48.5 Å². The van der Waals surface area contributed by atoms with Gasteiger partial charge >= 0.3 is 0 Å². The zero-order valence-electron chi connectivity index (χ0n) is 15.7. The van der Waals surface area contributed by atoms with E-state index in [0.717, 1.165) is 10.4 Å². The largest absolute Gasteiger partial charge is 0.507 e. The van der Waals surface area contributed by atoms with Crippen LogP contribution in [0.25, 0.3) is 5.76 Å². The maximum Gasteiger partial charge on any atom is 0.295 e. The fourth-order valence-electron chi connectivity index (χ4n) is 3.49. The highest BCUT2D eigenvalue weighted by Gasteiger charge is 2.46. The summed E-state index contributed by atoms with van der Waals surface area (Å²) < 4.78 is 5.22. The molecule has 146 valence electrons. The zero-order chi connectivity index (χ0) is 20.4. The van der Waals surface area contributed by atoms with E-state index in [4.69, 9.17) is 4.74 Å². The first-order chi connectivity index (χ1) is 14.1. The normalized spacial score (nSPS) is 18.2. The molecule has 0 bridgehead atoms. The average molecular weight is 405 g/mol. The maximum atomic E-state index is 12.9. The fourth-order valence-corrected chi connectivity index (χ4v) is 4.34. The van der Waals surface area contributed by atoms with Crippen LogP contribution in [0, 0.1) is 0 Å². The van der Waals surface area contributed by atoms with Crippen LogP contribution in [0.5, 0.6) is 5.75 Å². The molecule has 0 saturated carbocycles. The molecule has 2 heterocycles. The van der Waals surface area contributed by atoms with E-state index in [0.29, 0.717) is 11.3 Å². The third kappa shape index (κ3) is 3.54. The van der Waals surface area contributed by atoms with Crippen LogP contribution in [0.15, 0.2) is 77.7 Å². The first kappa shape index (κ1) is 19.0. The summed E-state index contributed by atoms with van der Waals surface area (Å²) in [6, 6.07) is 19.4. The van der Waals surface area contributed by atoms with Gasteiger partial charge in [0.15, 0.2) is 0 Å². The molecule has 5 nitrogen and oxygen atoms in total. The molecule has 3 aromatic rings. The first-order valence-electron chi connectivity index (χ1n) is 9.10. The topological polar surface area (TPSA) is 66.8 Å². The first-order valence-corrected chi connectivity index (χ1v) is 9.98. The van der Waals surface area contributed by atoms with Crippen molar-refractivity contribution in [1.29, 1.82) is 0 Å². The fraction of sp³-hybridized carbons (Fsp3) is 0.130. The summed E-state index contributed by atoms with van der Waals surface area (Å²) >= 11 is 1.45. The number of ether oxygens (including phenoxy) is 1. The minimum absolute atomic E-state index is 0.0987. The second kappa shape index (κ2) is 7.93. The van der Waals surface area contributed by atoms with E-state index in [9.17, 15) is 14.7 Å². The molecule has 1 aliphatic heterocycles. The summed E-state index contributed by atoms with van der Waals surface area (Å²) in [4.78, 5) is 28.2. The highest BCUT2D eigenvalue weighted by Crippen LogP contribution is 2.42. The molecule has 1 N–H and O–H groups in total. The second-order valence-corrected chi connectivity index (χ2v) is 7.64. The number of benzene rings is 2. The van der Waals surface area contributed by atoms with Crippen molar-refractivity contribution < 1.29 is 19.4 Å². The van der Waals surface area contributed by atoms with Crippen LogP contribution in [0.2, 0.25) is 0 Å². The van der Waals surface area contributed by atoms with E-state index in [-0.39, 0.29) is 17.9 Å². The summed E-state index contributed by atoms with van der Waals surface area (Å²) in [6.07, 6.45) is 0. The van der Waals surface area contributed by atoms with Gasteiger partial charge < -0.3 is 14.7 Å². The van der Waals surface area contributed by atoms with E-state index in [1.54, 1.807) is 24.3 Å². The Hall–Kier alpha value is -3.38. The van der Waals surface area contributed by atoms with Crippen molar-refractivity contribution in [2.75, 3.05) is 7.11 Å². The maximum absolute atomic E-state index is 12.9. The van der Waals surface area contributed by atoms with E-state index in [1.165, 1.54) is 23.3 Å². The van der Waals surface area contributed by atoms with Crippen LogP contribution in [0.4, 0.5) is 0 Å². The Balaban J connectivity index is 1.83. The van der Waals surface area contributed by atoms with Crippen molar-refractivity contribution in [3.05, 3.63) is 93.7 Å². The molecule has 0 aliphatic carbocycles. The number of nitrogens with zero attached hydrogens (tertiary/aromatic N) is 1. The minimum Gasteiger partial charge on any atom is -0.507 e. The molecule has 0 spiro atoms. The van der Waals surface area contributed by atoms with E-state index < -0.39 is 17.7 Å². The van der Waals surface area contributed by atoms with Gasteiger partial charge in [0, 0.05) is 17.0 Å². The number of aliphatic hydroxyl groups excluding tert-OH is 1. The Labute approximate surface area is 172 Å². The van der Waals surface area contributed by atoms with Crippen LogP contribution in [-0.4, -0.2) is 28.8 Å². The zero-order valence-corrected chi connectivity index (χ0v) is 16.6. The summed E-state index contributed by atoms with van der Waals surface area (Å²) in [6.45, 7) is 0.281. The predicted octanol–water partition coefficient (Wildman–Crippen LogP) is 4.38. The lowest BCUT2D eigenvalue weighted by molar-refractivity contribution is -0.140. The van der Waals surface area contributed by atoms with E-state index >= 15 is 0 Å². The van der Waals surface area contributed by atoms with Gasteiger partial charge in [0.25, 0.3) is 11.7 Å². The number of amides is 1. The van der Waals surface area contributed by atoms with Gasteiger partial charge in [-0.05, 0) is 29.1 Å². The van der Waals surface area contributed by atoms with Gasteiger partial charge in [0.05, 0.1) is 18.7 Å². The van der Waals surface area contributed by atoms with Crippen LogP contribution in [0.3, 0.4) is 0 Å². The molecular weight excluding hydrogens is 386 g/mol. The molecule has 2 aromatic carbocycles. The number of methoxy groups -OCH3 is 1. The molecule has 1 unspecified atom stereocenters. The number of aliphatic hydroxyl groups is 1. The standard InChI is InChI=1S/C23H19NO4S/c1-28-17-10-5-9-16(13-17)21(25)19-20(18-11-6-12-29-18)24(23(27)22(19)26)14-15-7-3-2-4-8-15/h2-13,20,25H,14H2,1H3/b21-19+. The molecule has 29 heavy (non-hydrogen) atoms. The smallest absolute Gasteiger partial charge is 0.295 e. The Morgan fingerprint density at radius 2 is 1.86 bits per heavy atom. The van der Waals surface area contributed by atoms with Crippen LogP contribution in [0.1, 0.15) is 22.0 Å². The van der Waals surface area contributed by atoms with Crippen LogP contribution < -0.4 is 4.74 Å². The van der Waals surface area contributed by atoms with Gasteiger partial charge in [0.2, 0.25) is 0 Å². The monoisotopic (exact) mass is 405 g/mol. The Kier molecular flexibility index (Phi) is 5.18. The molecule has 1 saturated heterocycles. The minimum atomic E-state index is -0.681. The number of carbonyl (C=O) groups excluding carboxylic acids is 2. The lowest BCUT2D eigenvalue weighted by Crippen LogP contribution is -2.28. The molecule has 1 atom stereocenters. The number of likely N-dealkylation sites (tertiary alicyclic amines) is 1. The molecule has 4 rings (SSSR count). The molecule has 1 fully saturated rings. The summed E-state index contributed by atoms with van der Waals surface area (Å²) in [7, 11) is 1.53. The average Bonchev–Trinajstić information content (AvgIpc) is 3.37. The van der Waals surface area contributed by atoms with Gasteiger partial charge in [-0.3, -0.25) is 9.59 Å². The van der Waals surface area contributed by atoms with E-state index in [1.807, 2.05) is 47.8 Å². The summed E-state index contributed by atoms with van der Waals surface area (Å²) in [5.74, 6) is -0.937. The second-order valence-electron chi connectivity index (χ2n) is 6.66. The van der Waals surface area contributed by atoms with Gasteiger partial charge in [0.1, 0.15) is 11.5 Å². The van der Waals surface area contributed by atoms with Crippen LogP contribution in [-0.2, 0) is 16.1 Å². The Morgan fingerprint density at radius 3 is 2.55 bits per heavy atom. The molecule has 6 heteroatoms. The third-order valence-electron chi connectivity index (χ3n) is 4.89. The third-order valence-corrected chi connectivity index (χ3v) is 5.82. The van der Waals surface area contributed by atoms with Crippen molar-refractivity contribution in [3.63, 3.8) is 0 Å². The van der Waals surface area contributed by atoms with Crippen molar-refractivity contribution >= 4 is 28.8 Å².